The Labute approximate surface area is 143 Å². The van der Waals surface area contributed by atoms with Crippen molar-refractivity contribution < 1.29 is 33.0 Å². The second-order valence-corrected chi connectivity index (χ2v) is 6.48. The number of halogens is 2. The molecule has 25 heavy (non-hydrogen) atoms. The van der Waals surface area contributed by atoms with Crippen molar-refractivity contribution in [1.82, 2.24) is 4.90 Å². The second kappa shape index (κ2) is 6.50. The number of nitrogens with zero attached hydrogens (tertiary/aromatic N) is 1. The minimum Gasteiger partial charge on any atom is -0.493 e. The zero-order chi connectivity index (χ0) is 18.2. The van der Waals surface area contributed by atoms with Crippen LogP contribution in [-0.2, 0) is 4.79 Å². The van der Waals surface area contributed by atoms with Crippen molar-refractivity contribution in [1.29, 1.82) is 0 Å². The molecule has 2 aliphatic rings. The number of hydrogen-bond acceptors (Lipinski definition) is 4. The van der Waals surface area contributed by atoms with Crippen molar-refractivity contribution >= 4 is 11.9 Å². The van der Waals surface area contributed by atoms with Gasteiger partial charge in [-0.25, -0.2) is 0 Å². The number of methoxy groups -OCH3 is 1. The highest BCUT2D eigenvalue weighted by Crippen LogP contribution is 2.49. The number of carboxylic acid groups (broad SMARTS) is 1. The molecule has 0 bridgehead atoms. The molecule has 1 aromatic carbocycles. The van der Waals surface area contributed by atoms with Crippen LogP contribution in [-0.4, -0.2) is 48.7 Å². The minimum atomic E-state index is -3.00. The fraction of sp³-hybridized carbons (Fsp3) is 0.529. The second-order valence-electron chi connectivity index (χ2n) is 6.48. The molecule has 2 fully saturated rings. The van der Waals surface area contributed by atoms with E-state index >= 15 is 0 Å². The number of ether oxygens (including phenoxy) is 2. The highest BCUT2D eigenvalue weighted by molar-refractivity contribution is 5.96. The molecule has 1 saturated heterocycles. The molecule has 1 aromatic rings. The molecule has 136 valence electrons. The standard InChI is InChI=1S/C17H19F2NO5/c1-24-13-7-10(4-5-12(13)25-16(18)19)14(21)20-8-11-3-2-6-17(11,9-20)15(22)23/h4-5,7,11,16H,2-3,6,8-9H2,1H3,(H,22,23)/t11-,17+/m0/s1. The quantitative estimate of drug-likeness (QED) is 0.879. The van der Waals surface area contributed by atoms with Crippen molar-refractivity contribution in [2.45, 2.75) is 25.9 Å². The highest BCUT2D eigenvalue weighted by atomic mass is 19.3. The number of carboxylic acids is 1. The predicted molar refractivity (Wildman–Crippen MR) is 82.9 cm³/mol. The van der Waals surface area contributed by atoms with Crippen LogP contribution in [0.5, 0.6) is 11.5 Å². The van der Waals surface area contributed by atoms with Crippen LogP contribution < -0.4 is 9.47 Å². The Morgan fingerprint density at radius 1 is 1.36 bits per heavy atom. The maximum absolute atomic E-state index is 12.7. The Balaban J connectivity index is 1.81. The molecule has 0 radical (unpaired) electrons. The minimum absolute atomic E-state index is 0.0264. The van der Waals surface area contributed by atoms with Crippen molar-refractivity contribution in [2.75, 3.05) is 20.2 Å². The summed E-state index contributed by atoms with van der Waals surface area (Å²) >= 11 is 0. The molecule has 0 spiro atoms. The van der Waals surface area contributed by atoms with Gasteiger partial charge in [-0.2, -0.15) is 8.78 Å². The van der Waals surface area contributed by atoms with E-state index in [1.54, 1.807) is 0 Å². The van der Waals surface area contributed by atoms with E-state index in [1.165, 1.54) is 30.2 Å². The monoisotopic (exact) mass is 355 g/mol. The fourth-order valence-corrected chi connectivity index (χ4v) is 3.97. The molecule has 1 N–H and O–H groups in total. The van der Waals surface area contributed by atoms with Crippen molar-refractivity contribution in [2.24, 2.45) is 11.3 Å². The third-order valence-corrected chi connectivity index (χ3v) is 5.21. The summed E-state index contributed by atoms with van der Waals surface area (Å²) in [6, 6.07) is 3.97. The lowest BCUT2D eigenvalue weighted by atomic mass is 9.81. The van der Waals surface area contributed by atoms with Gasteiger partial charge in [-0.3, -0.25) is 9.59 Å². The molecule has 1 aliphatic heterocycles. The van der Waals surface area contributed by atoms with Crippen LogP contribution in [0.25, 0.3) is 0 Å². The summed E-state index contributed by atoms with van der Waals surface area (Å²) in [4.78, 5) is 26.0. The lowest BCUT2D eigenvalue weighted by Crippen LogP contribution is -2.37. The van der Waals surface area contributed by atoms with Crippen LogP contribution >= 0.6 is 0 Å². The molecule has 1 aliphatic carbocycles. The Morgan fingerprint density at radius 2 is 2.12 bits per heavy atom. The Hall–Kier alpha value is -2.38. The van der Waals surface area contributed by atoms with Gasteiger partial charge in [-0.15, -0.1) is 0 Å². The largest absolute Gasteiger partial charge is 0.493 e. The molecular weight excluding hydrogens is 336 g/mol. The molecule has 2 atom stereocenters. The number of alkyl halides is 2. The molecule has 3 rings (SSSR count). The average Bonchev–Trinajstić information content (AvgIpc) is 3.12. The van der Waals surface area contributed by atoms with E-state index < -0.39 is 18.0 Å². The molecule has 1 heterocycles. The molecule has 0 aromatic heterocycles. The van der Waals surface area contributed by atoms with E-state index in [2.05, 4.69) is 4.74 Å². The Bertz CT molecular complexity index is 696. The summed E-state index contributed by atoms with van der Waals surface area (Å²) in [6.07, 6.45) is 2.22. The van der Waals surface area contributed by atoms with Crippen molar-refractivity contribution in [3.63, 3.8) is 0 Å². The number of amides is 1. The number of carbonyl (C=O) groups excluding carboxylic acids is 1. The number of hydrogen-bond donors (Lipinski definition) is 1. The van der Waals surface area contributed by atoms with Gasteiger partial charge in [0.25, 0.3) is 5.91 Å². The van der Waals surface area contributed by atoms with E-state index in [0.717, 1.165) is 12.8 Å². The zero-order valence-corrected chi connectivity index (χ0v) is 13.7. The summed E-state index contributed by atoms with van der Waals surface area (Å²) in [5, 5.41) is 9.60. The van der Waals surface area contributed by atoms with E-state index in [0.29, 0.717) is 13.0 Å². The molecule has 1 amide bonds. The maximum Gasteiger partial charge on any atom is 0.387 e. The first-order valence-corrected chi connectivity index (χ1v) is 8.03. The number of benzene rings is 1. The van der Waals surface area contributed by atoms with Gasteiger partial charge in [-0.1, -0.05) is 6.42 Å². The van der Waals surface area contributed by atoms with Gasteiger partial charge in [0.05, 0.1) is 12.5 Å². The number of rotatable bonds is 5. The van der Waals surface area contributed by atoms with Crippen molar-refractivity contribution in [3.8, 4) is 11.5 Å². The van der Waals surface area contributed by atoms with Crippen LogP contribution in [0.15, 0.2) is 18.2 Å². The molecular formula is C17H19F2NO5. The van der Waals surface area contributed by atoms with Gasteiger partial charge in [-0.05, 0) is 37.0 Å². The van der Waals surface area contributed by atoms with Crippen LogP contribution in [0.2, 0.25) is 0 Å². The maximum atomic E-state index is 12.7. The van der Waals surface area contributed by atoms with E-state index in [9.17, 15) is 23.5 Å². The van der Waals surface area contributed by atoms with E-state index in [1.807, 2.05) is 0 Å². The number of likely N-dealkylation sites (tertiary alicyclic amines) is 1. The first-order valence-electron chi connectivity index (χ1n) is 8.03. The highest BCUT2D eigenvalue weighted by Gasteiger charge is 2.55. The van der Waals surface area contributed by atoms with Gasteiger partial charge in [0.15, 0.2) is 11.5 Å². The lowest BCUT2D eigenvalue weighted by molar-refractivity contribution is -0.149. The topological polar surface area (TPSA) is 76.1 Å². The third-order valence-electron chi connectivity index (χ3n) is 5.21. The smallest absolute Gasteiger partial charge is 0.387 e. The molecule has 8 heteroatoms. The summed E-state index contributed by atoms with van der Waals surface area (Å²) in [6.45, 7) is -2.43. The van der Waals surface area contributed by atoms with Gasteiger partial charge in [0.2, 0.25) is 0 Å². The van der Waals surface area contributed by atoms with Crippen molar-refractivity contribution in [3.05, 3.63) is 23.8 Å². The van der Waals surface area contributed by atoms with Gasteiger partial charge in [0, 0.05) is 18.7 Å². The summed E-state index contributed by atoms with van der Waals surface area (Å²) in [5.41, 5.74) is -0.614. The number of carbonyl (C=O) groups is 2. The Kier molecular flexibility index (Phi) is 4.53. The van der Waals surface area contributed by atoms with Gasteiger partial charge < -0.3 is 19.5 Å². The van der Waals surface area contributed by atoms with Crippen LogP contribution in [0, 0.1) is 11.3 Å². The first-order chi connectivity index (χ1) is 11.9. The van der Waals surface area contributed by atoms with Gasteiger partial charge >= 0.3 is 12.6 Å². The summed E-state index contributed by atoms with van der Waals surface area (Å²) in [5.74, 6) is -1.37. The summed E-state index contributed by atoms with van der Waals surface area (Å²) < 4.78 is 34.1. The summed E-state index contributed by atoms with van der Waals surface area (Å²) in [7, 11) is 1.29. The molecule has 0 unspecified atom stereocenters. The SMILES string of the molecule is COc1cc(C(=O)N2C[C@@H]3CCC[C@@]3(C(=O)O)C2)ccc1OC(F)F. The van der Waals surface area contributed by atoms with Crippen LogP contribution in [0.1, 0.15) is 29.6 Å². The number of fused-ring (bicyclic) bond motifs is 1. The number of aliphatic carboxylic acids is 1. The zero-order valence-electron chi connectivity index (χ0n) is 13.7. The average molecular weight is 355 g/mol. The molecule has 1 saturated carbocycles. The van der Waals surface area contributed by atoms with Crippen LogP contribution in [0.4, 0.5) is 8.78 Å². The first kappa shape index (κ1) is 17.4. The lowest BCUT2D eigenvalue weighted by Gasteiger charge is -2.23. The van der Waals surface area contributed by atoms with E-state index in [4.69, 9.17) is 4.74 Å². The predicted octanol–water partition coefficient (Wildman–Crippen LogP) is 2.62. The fourth-order valence-electron chi connectivity index (χ4n) is 3.97. The normalized spacial score (nSPS) is 25.1. The van der Waals surface area contributed by atoms with E-state index in [-0.39, 0.29) is 35.4 Å². The Morgan fingerprint density at radius 3 is 2.72 bits per heavy atom. The van der Waals surface area contributed by atoms with Crippen LogP contribution in [0.3, 0.4) is 0 Å². The third kappa shape index (κ3) is 3.01. The molecule has 6 nitrogen and oxygen atoms in total. The van der Waals surface area contributed by atoms with Gasteiger partial charge in [0.1, 0.15) is 0 Å².